The van der Waals surface area contributed by atoms with E-state index in [0.717, 1.165) is 17.8 Å². The molecular formula is C9H15NOS. The molecule has 12 heavy (non-hydrogen) atoms. The molecule has 0 amide bonds. The average molecular weight is 185 g/mol. The van der Waals surface area contributed by atoms with Crippen LogP contribution < -0.4 is 0 Å². The lowest BCUT2D eigenvalue weighted by molar-refractivity contribution is 0.288. The zero-order valence-corrected chi connectivity index (χ0v) is 8.40. The van der Waals surface area contributed by atoms with E-state index in [1.165, 1.54) is 5.69 Å². The molecule has 0 aromatic carbocycles. The standard InChI is InChI=1S/C9H15NOS/c1-7(2)8-6-12-9(10-8)4-3-5-11/h6-7,11H,3-5H2,1-2H3. The van der Waals surface area contributed by atoms with Crippen LogP contribution in [0.15, 0.2) is 5.38 Å². The molecule has 0 unspecified atom stereocenters. The third-order valence-electron chi connectivity index (χ3n) is 1.71. The molecule has 0 spiro atoms. The fraction of sp³-hybridized carbons (Fsp3) is 0.667. The van der Waals surface area contributed by atoms with Crippen LogP contribution in [0.2, 0.25) is 0 Å². The summed E-state index contributed by atoms with van der Waals surface area (Å²) in [7, 11) is 0. The van der Waals surface area contributed by atoms with Crippen molar-refractivity contribution >= 4 is 11.3 Å². The molecular weight excluding hydrogens is 170 g/mol. The molecule has 1 rings (SSSR count). The fourth-order valence-electron chi connectivity index (χ4n) is 0.935. The van der Waals surface area contributed by atoms with Gasteiger partial charge >= 0.3 is 0 Å². The molecule has 3 heteroatoms. The zero-order valence-electron chi connectivity index (χ0n) is 7.58. The lowest BCUT2D eigenvalue weighted by Crippen LogP contribution is -1.91. The number of rotatable bonds is 4. The van der Waals surface area contributed by atoms with Crippen molar-refractivity contribution in [1.29, 1.82) is 0 Å². The lowest BCUT2D eigenvalue weighted by atomic mass is 10.2. The molecule has 68 valence electrons. The maximum absolute atomic E-state index is 8.62. The van der Waals surface area contributed by atoms with Gasteiger partial charge in [-0.2, -0.15) is 0 Å². The van der Waals surface area contributed by atoms with Crippen molar-refractivity contribution in [2.45, 2.75) is 32.6 Å². The van der Waals surface area contributed by atoms with E-state index in [4.69, 9.17) is 5.11 Å². The van der Waals surface area contributed by atoms with E-state index in [-0.39, 0.29) is 6.61 Å². The number of thiazole rings is 1. The molecule has 0 saturated heterocycles. The third kappa shape index (κ3) is 2.57. The summed E-state index contributed by atoms with van der Waals surface area (Å²) in [5, 5.41) is 11.9. The Bertz CT molecular complexity index is 232. The number of hydrogen-bond acceptors (Lipinski definition) is 3. The number of aliphatic hydroxyl groups excluding tert-OH is 1. The number of nitrogens with zero attached hydrogens (tertiary/aromatic N) is 1. The van der Waals surface area contributed by atoms with Gasteiger partial charge in [-0.15, -0.1) is 11.3 Å². The van der Waals surface area contributed by atoms with E-state index in [2.05, 4.69) is 24.2 Å². The van der Waals surface area contributed by atoms with Crippen LogP contribution >= 0.6 is 11.3 Å². The lowest BCUT2D eigenvalue weighted by Gasteiger charge is -1.96. The predicted octanol–water partition coefficient (Wildman–Crippen LogP) is 2.19. The van der Waals surface area contributed by atoms with E-state index in [1.54, 1.807) is 11.3 Å². The molecule has 0 bridgehead atoms. The van der Waals surface area contributed by atoms with Crippen molar-refractivity contribution in [3.63, 3.8) is 0 Å². The predicted molar refractivity (Wildman–Crippen MR) is 51.6 cm³/mol. The quantitative estimate of drug-likeness (QED) is 0.780. The van der Waals surface area contributed by atoms with Crippen LogP contribution in [-0.4, -0.2) is 16.7 Å². The second-order valence-corrected chi connectivity index (χ2v) is 4.09. The molecule has 0 aliphatic carbocycles. The highest BCUT2D eigenvalue weighted by Crippen LogP contribution is 2.18. The van der Waals surface area contributed by atoms with E-state index < -0.39 is 0 Å². The van der Waals surface area contributed by atoms with E-state index in [0.29, 0.717) is 5.92 Å². The molecule has 1 N–H and O–H groups in total. The summed E-state index contributed by atoms with van der Waals surface area (Å²) in [6.45, 7) is 4.55. The first-order valence-corrected chi connectivity index (χ1v) is 5.17. The summed E-state index contributed by atoms with van der Waals surface area (Å²) in [6, 6.07) is 0. The highest BCUT2D eigenvalue weighted by atomic mass is 32.1. The van der Waals surface area contributed by atoms with Crippen LogP contribution in [0.3, 0.4) is 0 Å². The van der Waals surface area contributed by atoms with Gasteiger partial charge in [-0.1, -0.05) is 13.8 Å². The van der Waals surface area contributed by atoms with Crippen LogP contribution in [0.25, 0.3) is 0 Å². The van der Waals surface area contributed by atoms with Gasteiger partial charge in [-0.3, -0.25) is 0 Å². The largest absolute Gasteiger partial charge is 0.396 e. The summed E-state index contributed by atoms with van der Waals surface area (Å²) in [4.78, 5) is 4.45. The van der Waals surface area contributed by atoms with Crippen molar-refractivity contribution in [2.75, 3.05) is 6.61 Å². The minimum atomic E-state index is 0.261. The minimum absolute atomic E-state index is 0.261. The minimum Gasteiger partial charge on any atom is -0.396 e. The highest BCUT2D eigenvalue weighted by molar-refractivity contribution is 7.09. The Hall–Kier alpha value is -0.410. The van der Waals surface area contributed by atoms with E-state index >= 15 is 0 Å². The van der Waals surface area contributed by atoms with Gasteiger partial charge in [0.1, 0.15) is 0 Å². The van der Waals surface area contributed by atoms with Gasteiger partial charge in [0.2, 0.25) is 0 Å². The Morgan fingerprint density at radius 2 is 2.33 bits per heavy atom. The smallest absolute Gasteiger partial charge is 0.0929 e. The molecule has 2 nitrogen and oxygen atoms in total. The maximum Gasteiger partial charge on any atom is 0.0929 e. The first-order valence-electron chi connectivity index (χ1n) is 4.29. The Balaban J connectivity index is 2.52. The molecule has 0 fully saturated rings. The van der Waals surface area contributed by atoms with Crippen LogP contribution in [0, 0.1) is 0 Å². The summed E-state index contributed by atoms with van der Waals surface area (Å²) in [5.41, 5.74) is 1.17. The fourth-order valence-corrected chi connectivity index (χ4v) is 1.94. The first kappa shape index (κ1) is 9.68. The summed E-state index contributed by atoms with van der Waals surface area (Å²) in [5.74, 6) is 0.518. The Kier molecular flexibility index (Phi) is 3.69. The average Bonchev–Trinajstić information content (AvgIpc) is 2.48. The summed E-state index contributed by atoms with van der Waals surface area (Å²) >= 11 is 1.70. The van der Waals surface area contributed by atoms with Crippen LogP contribution in [0.1, 0.15) is 36.9 Å². The Labute approximate surface area is 77.3 Å². The molecule has 0 atom stereocenters. The van der Waals surface area contributed by atoms with Gasteiger partial charge in [0, 0.05) is 18.4 Å². The van der Waals surface area contributed by atoms with Gasteiger partial charge < -0.3 is 5.11 Å². The van der Waals surface area contributed by atoms with Crippen molar-refractivity contribution in [2.24, 2.45) is 0 Å². The van der Waals surface area contributed by atoms with Crippen LogP contribution in [-0.2, 0) is 6.42 Å². The Morgan fingerprint density at radius 1 is 1.58 bits per heavy atom. The van der Waals surface area contributed by atoms with Crippen LogP contribution in [0.4, 0.5) is 0 Å². The normalized spacial score (nSPS) is 11.0. The summed E-state index contributed by atoms with van der Waals surface area (Å²) < 4.78 is 0. The molecule has 1 aromatic rings. The van der Waals surface area contributed by atoms with Crippen molar-refractivity contribution < 1.29 is 5.11 Å². The third-order valence-corrected chi connectivity index (χ3v) is 2.64. The van der Waals surface area contributed by atoms with E-state index in [9.17, 15) is 0 Å². The molecule has 0 saturated carbocycles. The molecule has 1 aromatic heterocycles. The van der Waals surface area contributed by atoms with Gasteiger partial charge in [0.05, 0.1) is 10.7 Å². The summed E-state index contributed by atoms with van der Waals surface area (Å²) in [6.07, 6.45) is 1.74. The van der Waals surface area contributed by atoms with Crippen molar-refractivity contribution in [3.05, 3.63) is 16.1 Å². The second kappa shape index (κ2) is 4.58. The number of aromatic nitrogens is 1. The topological polar surface area (TPSA) is 33.1 Å². The maximum atomic E-state index is 8.62. The number of aliphatic hydroxyl groups is 1. The zero-order chi connectivity index (χ0) is 8.97. The highest BCUT2D eigenvalue weighted by Gasteiger charge is 2.04. The van der Waals surface area contributed by atoms with E-state index in [1.807, 2.05) is 0 Å². The van der Waals surface area contributed by atoms with Gasteiger partial charge in [-0.25, -0.2) is 4.98 Å². The van der Waals surface area contributed by atoms with Crippen LogP contribution in [0.5, 0.6) is 0 Å². The number of aryl methyl sites for hydroxylation is 1. The first-order chi connectivity index (χ1) is 5.74. The Morgan fingerprint density at radius 3 is 2.83 bits per heavy atom. The SMILES string of the molecule is CC(C)c1csc(CCCO)n1. The van der Waals surface area contributed by atoms with Gasteiger partial charge in [-0.05, 0) is 12.3 Å². The molecule has 0 aliphatic heterocycles. The van der Waals surface area contributed by atoms with Gasteiger partial charge in [0.25, 0.3) is 0 Å². The number of hydrogen-bond donors (Lipinski definition) is 1. The van der Waals surface area contributed by atoms with Gasteiger partial charge in [0.15, 0.2) is 0 Å². The van der Waals surface area contributed by atoms with Crippen molar-refractivity contribution in [3.8, 4) is 0 Å². The monoisotopic (exact) mass is 185 g/mol. The molecule has 1 heterocycles. The molecule has 0 radical (unpaired) electrons. The van der Waals surface area contributed by atoms with Crippen molar-refractivity contribution in [1.82, 2.24) is 4.98 Å². The second-order valence-electron chi connectivity index (χ2n) is 3.15. The molecule has 0 aliphatic rings.